The van der Waals surface area contributed by atoms with E-state index >= 15 is 0 Å². The van der Waals surface area contributed by atoms with Crippen LogP contribution in [0.5, 0.6) is 5.75 Å². The summed E-state index contributed by atoms with van der Waals surface area (Å²) >= 11 is 8.71. The van der Waals surface area contributed by atoms with Crippen molar-refractivity contribution < 1.29 is 9.53 Å². The first-order chi connectivity index (χ1) is 10.1. The summed E-state index contributed by atoms with van der Waals surface area (Å²) in [5.74, 6) is 0.846. The topological polar surface area (TPSA) is 64.1 Å². The van der Waals surface area contributed by atoms with Crippen LogP contribution in [0.3, 0.4) is 0 Å². The number of methoxy groups -OCH3 is 1. The molecule has 1 heterocycles. The second-order valence-electron chi connectivity index (χ2n) is 3.77. The Bertz CT molecular complexity index is 661. The Kier molecular flexibility index (Phi) is 5.60. The lowest BCUT2D eigenvalue weighted by molar-refractivity contribution is 0.102. The van der Waals surface area contributed by atoms with Crippen molar-refractivity contribution in [1.29, 1.82) is 0 Å². The molecule has 110 valence electrons. The number of hydrogen-bond acceptors (Lipinski definition) is 6. The molecule has 1 N–H and O–H groups in total. The fourth-order valence-electron chi connectivity index (χ4n) is 1.47. The van der Waals surface area contributed by atoms with Crippen LogP contribution >= 0.6 is 34.7 Å². The van der Waals surface area contributed by atoms with E-state index in [-0.39, 0.29) is 5.91 Å². The first kappa shape index (κ1) is 15.8. The molecular formula is C13H12ClN3O2S2. The highest BCUT2D eigenvalue weighted by Crippen LogP contribution is 2.27. The standard InChI is InChI=1S/C13H12ClN3O2S2/c1-3-6-20-13-17-16-12(21-13)15-11(18)9-7-8(14)4-5-10(9)19-2/h3-5,7H,1,6H2,2H3,(H,15,16,18). The number of amides is 1. The molecule has 1 amide bonds. The number of nitrogens with one attached hydrogen (secondary N) is 1. The molecule has 1 aromatic carbocycles. The van der Waals surface area contributed by atoms with E-state index in [9.17, 15) is 4.79 Å². The monoisotopic (exact) mass is 341 g/mol. The number of ether oxygens (including phenoxy) is 1. The van der Waals surface area contributed by atoms with Crippen LogP contribution in [0.4, 0.5) is 5.13 Å². The number of carbonyl (C=O) groups is 1. The number of anilines is 1. The van der Waals surface area contributed by atoms with Crippen LogP contribution < -0.4 is 10.1 Å². The van der Waals surface area contributed by atoms with Gasteiger partial charge in [0.15, 0.2) is 4.34 Å². The summed E-state index contributed by atoms with van der Waals surface area (Å²) in [7, 11) is 1.50. The fraction of sp³-hybridized carbons (Fsp3) is 0.154. The molecule has 5 nitrogen and oxygen atoms in total. The molecule has 0 aliphatic rings. The normalized spacial score (nSPS) is 10.2. The van der Waals surface area contributed by atoms with E-state index in [1.165, 1.54) is 30.2 Å². The first-order valence-corrected chi connectivity index (χ1v) is 8.04. The van der Waals surface area contributed by atoms with Gasteiger partial charge in [-0.25, -0.2) is 0 Å². The zero-order valence-corrected chi connectivity index (χ0v) is 13.5. The van der Waals surface area contributed by atoms with Gasteiger partial charge >= 0.3 is 0 Å². The molecule has 1 aromatic heterocycles. The van der Waals surface area contributed by atoms with Crippen molar-refractivity contribution in [3.63, 3.8) is 0 Å². The maximum Gasteiger partial charge on any atom is 0.261 e. The molecule has 8 heteroatoms. The van der Waals surface area contributed by atoms with E-state index in [0.29, 0.717) is 21.5 Å². The Morgan fingerprint density at radius 3 is 3.10 bits per heavy atom. The molecule has 0 atom stereocenters. The number of carbonyl (C=O) groups excluding carboxylic acids is 1. The van der Waals surface area contributed by atoms with Crippen LogP contribution in [0.25, 0.3) is 0 Å². The molecule has 2 rings (SSSR count). The minimum atomic E-state index is -0.342. The number of benzene rings is 1. The second-order valence-corrected chi connectivity index (χ2v) is 6.45. The molecule has 0 unspecified atom stereocenters. The maximum atomic E-state index is 12.2. The van der Waals surface area contributed by atoms with Crippen LogP contribution in [-0.4, -0.2) is 29.0 Å². The van der Waals surface area contributed by atoms with Crippen molar-refractivity contribution in [3.05, 3.63) is 41.4 Å². The molecule has 0 bridgehead atoms. The Morgan fingerprint density at radius 2 is 2.38 bits per heavy atom. The third-order valence-electron chi connectivity index (χ3n) is 2.36. The fourth-order valence-corrected chi connectivity index (χ4v) is 3.15. The molecule has 0 fully saturated rings. The van der Waals surface area contributed by atoms with E-state index in [2.05, 4.69) is 22.1 Å². The lowest BCUT2D eigenvalue weighted by Gasteiger charge is -2.07. The van der Waals surface area contributed by atoms with Crippen LogP contribution in [0, 0.1) is 0 Å². The lowest BCUT2D eigenvalue weighted by Crippen LogP contribution is -2.13. The van der Waals surface area contributed by atoms with Gasteiger partial charge < -0.3 is 4.74 Å². The van der Waals surface area contributed by atoms with Crippen LogP contribution in [-0.2, 0) is 0 Å². The van der Waals surface area contributed by atoms with Gasteiger partial charge in [-0.05, 0) is 18.2 Å². The minimum absolute atomic E-state index is 0.342. The van der Waals surface area contributed by atoms with Crippen molar-refractivity contribution >= 4 is 45.7 Å². The highest BCUT2D eigenvalue weighted by molar-refractivity contribution is 8.01. The highest BCUT2D eigenvalue weighted by Gasteiger charge is 2.15. The van der Waals surface area contributed by atoms with Gasteiger partial charge in [0.05, 0.1) is 12.7 Å². The molecule has 0 saturated heterocycles. The highest BCUT2D eigenvalue weighted by atomic mass is 35.5. The van der Waals surface area contributed by atoms with E-state index in [4.69, 9.17) is 16.3 Å². The Hall–Kier alpha value is -1.57. The first-order valence-electron chi connectivity index (χ1n) is 5.86. The van der Waals surface area contributed by atoms with Gasteiger partial charge in [-0.1, -0.05) is 40.8 Å². The van der Waals surface area contributed by atoms with Crippen molar-refractivity contribution in [2.45, 2.75) is 4.34 Å². The van der Waals surface area contributed by atoms with Gasteiger partial charge in [0, 0.05) is 10.8 Å². The van der Waals surface area contributed by atoms with Crippen molar-refractivity contribution in [2.75, 3.05) is 18.2 Å². The zero-order valence-electron chi connectivity index (χ0n) is 11.1. The summed E-state index contributed by atoms with van der Waals surface area (Å²) in [6, 6.07) is 4.85. The molecule has 0 aliphatic heterocycles. The molecule has 0 radical (unpaired) electrons. The zero-order chi connectivity index (χ0) is 15.2. The SMILES string of the molecule is C=CCSc1nnc(NC(=O)c2cc(Cl)ccc2OC)s1. The van der Waals surface area contributed by atoms with E-state index in [1.54, 1.807) is 24.3 Å². The minimum Gasteiger partial charge on any atom is -0.496 e. The van der Waals surface area contributed by atoms with Gasteiger partial charge in [-0.2, -0.15) is 0 Å². The van der Waals surface area contributed by atoms with Crippen molar-refractivity contribution in [2.24, 2.45) is 0 Å². The largest absolute Gasteiger partial charge is 0.496 e. The summed E-state index contributed by atoms with van der Waals surface area (Å²) < 4.78 is 5.92. The lowest BCUT2D eigenvalue weighted by atomic mass is 10.2. The smallest absolute Gasteiger partial charge is 0.261 e. The van der Waals surface area contributed by atoms with E-state index in [1.807, 2.05) is 0 Å². The number of nitrogens with zero attached hydrogens (tertiary/aromatic N) is 2. The Morgan fingerprint density at radius 1 is 1.57 bits per heavy atom. The summed E-state index contributed by atoms with van der Waals surface area (Å²) in [6.07, 6.45) is 1.78. The van der Waals surface area contributed by atoms with Gasteiger partial charge in [-0.15, -0.1) is 16.8 Å². The number of rotatable bonds is 6. The van der Waals surface area contributed by atoms with E-state index < -0.39 is 0 Å². The third kappa shape index (κ3) is 4.20. The van der Waals surface area contributed by atoms with Gasteiger partial charge in [0.25, 0.3) is 5.91 Å². The average Bonchev–Trinajstić information content (AvgIpc) is 2.92. The predicted molar refractivity (Wildman–Crippen MR) is 86.8 cm³/mol. The van der Waals surface area contributed by atoms with Gasteiger partial charge in [0.2, 0.25) is 5.13 Å². The number of hydrogen-bond donors (Lipinski definition) is 1. The van der Waals surface area contributed by atoms with Crippen LogP contribution in [0.1, 0.15) is 10.4 Å². The summed E-state index contributed by atoms with van der Waals surface area (Å²) in [5, 5.41) is 11.5. The van der Waals surface area contributed by atoms with Gasteiger partial charge in [0.1, 0.15) is 5.75 Å². The predicted octanol–water partition coefficient (Wildman–Crippen LogP) is 3.73. The average molecular weight is 342 g/mol. The molecular weight excluding hydrogens is 330 g/mol. The quantitative estimate of drug-likeness (QED) is 0.492. The number of thioether (sulfide) groups is 1. The summed E-state index contributed by atoms with van der Waals surface area (Å²) in [4.78, 5) is 12.2. The number of halogens is 1. The Balaban J connectivity index is 2.12. The van der Waals surface area contributed by atoms with Crippen LogP contribution in [0.15, 0.2) is 35.2 Å². The maximum absolute atomic E-state index is 12.2. The van der Waals surface area contributed by atoms with E-state index in [0.717, 1.165) is 10.1 Å². The Labute approximate surface area is 135 Å². The van der Waals surface area contributed by atoms with Crippen molar-refractivity contribution in [1.82, 2.24) is 10.2 Å². The molecule has 2 aromatic rings. The third-order valence-corrected chi connectivity index (χ3v) is 4.56. The van der Waals surface area contributed by atoms with Crippen molar-refractivity contribution in [3.8, 4) is 5.75 Å². The molecule has 0 aliphatic carbocycles. The molecule has 21 heavy (non-hydrogen) atoms. The van der Waals surface area contributed by atoms with Crippen LogP contribution in [0.2, 0.25) is 5.02 Å². The summed E-state index contributed by atoms with van der Waals surface area (Å²) in [5.41, 5.74) is 0.348. The second kappa shape index (κ2) is 7.44. The molecule has 0 spiro atoms. The van der Waals surface area contributed by atoms with Gasteiger partial charge in [-0.3, -0.25) is 10.1 Å². The number of aromatic nitrogens is 2. The molecule has 0 saturated carbocycles. The summed E-state index contributed by atoms with van der Waals surface area (Å²) in [6.45, 7) is 3.64.